The van der Waals surface area contributed by atoms with Gasteiger partial charge < -0.3 is 5.11 Å². The Hall–Kier alpha value is -1.77. The molecule has 128 valence electrons. The number of benzene rings is 2. The van der Waals surface area contributed by atoms with E-state index in [4.69, 9.17) is 11.6 Å². The van der Waals surface area contributed by atoms with Gasteiger partial charge in [0.25, 0.3) is 5.69 Å². The molecule has 1 N–H and O–H groups in total. The van der Waals surface area contributed by atoms with E-state index in [0.29, 0.717) is 11.6 Å². The molecule has 0 heterocycles. The quantitative estimate of drug-likeness (QED) is 0.447. The number of nitro benzene ring substituents is 1. The molecule has 0 amide bonds. The fourth-order valence-corrected chi connectivity index (χ4v) is 3.31. The molecule has 0 fully saturated rings. The van der Waals surface area contributed by atoms with Crippen molar-refractivity contribution in [3.05, 3.63) is 68.7 Å². The number of hydrogen-bond donors (Lipinski definition) is 1. The van der Waals surface area contributed by atoms with Crippen LogP contribution >= 0.6 is 23.4 Å². The summed E-state index contributed by atoms with van der Waals surface area (Å²) in [5.74, 6) is 0.0343. The lowest BCUT2D eigenvalue weighted by Gasteiger charge is -2.13. The first-order chi connectivity index (χ1) is 11.2. The molecule has 1 unspecified atom stereocenters. The summed E-state index contributed by atoms with van der Waals surface area (Å²) in [6.07, 6.45) is -5.70. The van der Waals surface area contributed by atoms with Crippen molar-refractivity contribution in [1.82, 2.24) is 0 Å². The van der Waals surface area contributed by atoms with Gasteiger partial charge >= 0.3 is 6.18 Å². The molecule has 2 aromatic rings. The molecule has 0 bridgehead atoms. The maximum Gasteiger partial charge on any atom is 0.418 e. The number of nitro groups is 1. The Morgan fingerprint density at radius 1 is 1.25 bits per heavy atom. The first-order valence-corrected chi connectivity index (χ1v) is 7.97. The highest BCUT2D eigenvalue weighted by atomic mass is 35.5. The molecule has 9 heteroatoms. The smallest absolute Gasteiger partial charge is 0.388 e. The first kappa shape index (κ1) is 18.6. The largest absolute Gasteiger partial charge is 0.418 e. The van der Waals surface area contributed by atoms with E-state index in [2.05, 4.69) is 0 Å². The number of aliphatic hydroxyl groups excluding tert-OH is 1. The van der Waals surface area contributed by atoms with Crippen LogP contribution in [-0.4, -0.2) is 15.8 Å². The molecule has 0 saturated carbocycles. The zero-order valence-corrected chi connectivity index (χ0v) is 13.5. The van der Waals surface area contributed by atoms with E-state index in [9.17, 15) is 28.4 Å². The van der Waals surface area contributed by atoms with Crippen LogP contribution in [-0.2, 0) is 6.18 Å². The topological polar surface area (TPSA) is 63.4 Å². The molecular formula is C15H11ClF3NO3S. The summed E-state index contributed by atoms with van der Waals surface area (Å²) in [4.78, 5) is 10.1. The van der Waals surface area contributed by atoms with Crippen molar-refractivity contribution < 1.29 is 23.2 Å². The highest BCUT2D eigenvalue weighted by molar-refractivity contribution is 7.99. The van der Waals surface area contributed by atoms with Crippen molar-refractivity contribution >= 4 is 29.1 Å². The summed E-state index contributed by atoms with van der Waals surface area (Å²) >= 11 is 6.47. The number of hydrogen-bond acceptors (Lipinski definition) is 4. The van der Waals surface area contributed by atoms with Crippen LogP contribution in [0.1, 0.15) is 17.2 Å². The summed E-state index contributed by atoms with van der Waals surface area (Å²) in [6.45, 7) is 0. The molecule has 0 spiro atoms. The van der Waals surface area contributed by atoms with Gasteiger partial charge in [-0.3, -0.25) is 10.1 Å². The van der Waals surface area contributed by atoms with Gasteiger partial charge in [0.05, 0.1) is 26.5 Å². The number of halogens is 4. The summed E-state index contributed by atoms with van der Waals surface area (Å²) in [6, 6.07) is 9.90. The molecule has 4 nitrogen and oxygen atoms in total. The molecular weight excluding hydrogens is 367 g/mol. The second-order valence-electron chi connectivity index (χ2n) is 4.79. The van der Waals surface area contributed by atoms with Crippen molar-refractivity contribution in [3.8, 4) is 0 Å². The van der Waals surface area contributed by atoms with E-state index >= 15 is 0 Å². The van der Waals surface area contributed by atoms with Gasteiger partial charge in [-0.05, 0) is 11.6 Å². The van der Waals surface area contributed by atoms with Gasteiger partial charge in [0, 0.05) is 11.8 Å². The van der Waals surface area contributed by atoms with E-state index in [1.165, 1.54) is 0 Å². The summed E-state index contributed by atoms with van der Waals surface area (Å²) in [5, 5.41) is 20.5. The van der Waals surface area contributed by atoms with Crippen LogP contribution in [0, 0.1) is 10.1 Å². The number of aliphatic hydroxyl groups is 1. The second kappa shape index (κ2) is 7.42. The molecule has 0 aliphatic rings. The van der Waals surface area contributed by atoms with Crippen molar-refractivity contribution in [2.45, 2.75) is 17.2 Å². The van der Waals surface area contributed by atoms with Crippen molar-refractivity contribution in [3.63, 3.8) is 0 Å². The monoisotopic (exact) mass is 377 g/mol. The molecule has 0 aromatic heterocycles. The lowest BCUT2D eigenvalue weighted by atomic mass is 10.1. The van der Waals surface area contributed by atoms with E-state index in [1.807, 2.05) is 0 Å². The average molecular weight is 378 g/mol. The molecule has 0 aliphatic carbocycles. The van der Waals surface area contributed by atoms with Crippen molar-refractivity contribution in [1.29, 1.82) is 0 Å². The molecule has 0 radical (unpaired) electrons. The molecule has 0 aliphatic heterocycles. The summed E-state index contributed by atoms with van der Waals surface area (Å²) in [7, 11) is 0. The van der Waals surface area contributed by atoms with Crippen LogP contribution in [0.3, 0.4) is 0 Å². The van der Waals surface area contributed by atoms with Crippen LogP contribution in [0.5, 0.6) is 0 Å². The van der Waals surface area contributed by atoms with Gasteiger partial charge in [-0.2, -0.15) is 13.2 Å². The maximum absolute atomic E-state index is 12.8. The normalized spacial score (nSPS) is 12.9. The lowest BCUT2D eigenvalue weighted by molar-refractivity contribution is -0.388. The molecule has 1 atom stereocenters. The minimum Gasteiger partial charge on any atom is -0.388 e. The fraction of sp³-hybridized carbons (Fsp3) is 0.200. The van der Waals surface area contributed by atoms with E-state index in [0.717, 1.165) is 17.8 Å². The van der Waals surface area contributed by atoms with E-state index in [-0.39, 0.29) is 10.6 Å². The Labute approximate surface area is 144 Å². The van der Waals surface area contributed by atoms with Gasteiger partial charge in [-0.25, -0.2) is 0 Å². The molecule has 2 aromatic carbocycles. The predicted molar refractivity (Wildman–Crippen MR) is 85.2 cm³/mol. The lowest BCUT2D eigenvalue weighted by Crippen LogP contribution is -2.08. The van der Waals surface area contributed by atoms with E-state index < -0.39 is 33.5 Å². The third kappa shape index (κ3) is 4.40. The number of thioether (sulfide) groups is 1. The van der Waals surface area contributed by atoms with Crippen LogP contribution in [0.4, 0.5) is 18.9 Å². The predicted octanol–water partition coefficient (Wildman–Crippen LogP) is 5.09. The third-order valence-corrected chi connectivity index (χ3v) is 4.56. The van der Waals surface area contributed by atoms with Crippen LogP contribution in [0.15, 0.2) is 47.4 Å². The minimum absolute atomic E-state index is 0.0343. The first-order valence-electron chi connectivity index (χ1n) is 6.61. The van der Waals surface area contributed by atoms with Crippen LogP contribution in [0.25, 0.3) is 0 Å². The molecule has 2 rings (SSSR count). The highest BCUT2D eigenvalue weighted by Crippen LogP contribution is 2.41. The summed E-state index contributed by atoms with van der Waals surface area (Å²) < 4.78 is 38.4. The average Bonchev–Trinajstić information content (AvgIpc) is 2.51. The molecule has 0 saturated heterocycles. The van der Waals surface area contributed by atoms with E-state index in [1.54, 1.807) is 30.3 Å². The van der Waals surface area contributed by atoms with Crippen LogP contribution in [0.2, 0.25) is 5.02 Å². The Kier molecular flexibility index (Phi) is 5.74. The Balaban J connectivity index is 2.27. The van der Waals surface area contributed by atoms with Gasteiger partial charge in [-0.15, -0.1) is 11.8 Å². The SMILES string of the molecule is O=[N+]([O-])c1cc(C(F)(F)F)c(Cl)cc1SCC(O)c1ccccc1. The fourth-order valence-electron chi connectivity index (χ4n) is 1.96. The van der Waals surface area contributed by atoms with Gasteiger partial charge in [0.1, 0.15) is 0 Å². The van der Waals surface area contributed by atoms with Gasteiger partial charge in [-0.1, -0.05) is 41.9 Å². The highest BCUT2D eigenvalue weighted by Gasteiger charge is 2.36. The number of nitrogens with zero attached hydrogens (tertiary/aromatic N) is 1. The van der Waals surface area contributed by atoms with Crippen LogP contribution < -0.4 is 0 Å². The second-order valence-corrected chi connectivity index (χ2v) is 6.26. The third-order valence-electron chi connectivity index (χ3n) is 3.13. The Bertz CT molecular complexity index is 741. The zero-order chi connectivity index (χ0) is 17.9. The number of alkyl halides is 3. The minimum atomic E-state index is -4.78. The summed E-state index contributed by atoms with van der Waals surface area (Å²) in [5.41, 5.74) is -1.36. The maximum atomic E-state index is 12.8. The standard InChI is InChI=1S/C15H11ClF3NO3S/c16-11-7-14(12(20(22)23)6-10(11)15(17,18)19)24-8-13(21)9-4-2-1-3-5-9/h1-7,13,21H,8H2. The Morgan fingerprint density at radius 2 is 1.88 bits per heavy atom. The van der Waals surface area contributed by atoms with Crippen molar-refractivity contribution in [2.75, 3.05) is 5.75 Å². The van der Waals surface area contributed by atoms with Gasteiger partial charge in [0.15, 0.2) is 0 Å². The zero-order valence-electron chi connectivity index (χ0n) is 12.0. The van der Waals surface area contributed by atoms with Crippen molar-refractivity contribution in [2.24, 2.45) is 0 Å². The molecule has 24 heavy (non-hydrogen) atoms. The Morgan fingerprint density at radius 3 is 2.42 bits per heavy atom. The van der Waals surface area contributed by atoms with Gasteiger partial charge in [0.2, 0.25) is 0 Å². The number of rotatable bonds is 5.